The van der Waals surface area contributed by atoms with Crippen molar-refractivity contribution >= 4 is 15.7 Å². The summed E-state index contributed by atoms with van der Waals surface area (Å²) in [6.45, 7) is 4.14. The number of hydrogen-bond acceptors (Lipinski definition) is 8. The fraction of sp³-hybridized carbons (Fsp3) is 0.348. The highest BCUT2D eigenvalue weighted by Gasteiger charge is 2.30. The Balaban J connectivity index is 1.72. The molecule has 0 amide bonds. The molecule has 9 heteroatoms. The third kappa shape index (κ3) is 4.58. The van der Waals surface area contributed by atoms with Gasteiger partial charge in [0.15, 0.2) is 11.5 Å². The zero-order valence-electron chi connectivity index (χ0n) is 18.4. The molecule has 0 aliphatic carbocycles. The highest BCUT2D eigenvalue weighted by molar-refractivity contribution is 7.91. The van der Waals surface area contributed by atoms with Crippen LogP contribution in [-0.2, 0) is 9.84 Å². The van der Waals surface area contributed by atoms with E-state index >= 15 is 0 Å². The zero-order valence-corrected chi connectivity index (χ0v) is 19.2. The molecule has 0 atom stereocenters. The third-order valence-electron chi connectivity index (χ3n) is 5.12. The molecule has 4 rings (SSSR count). The van der Waals surface area contributed by atoms with E-state index in [1.807, 2.05) is 45.3 Å². The lowest BCUT2D eigenvalue weighted by Gasteiger charge is -2.18. The molecule has 2 heterocycles. The number of benzene rings is 2. The van der Waals surface area contributed by atoms with Crippen molar-refractivity contribution in [2.45, 2.75) is 23.3 Å². The minimum Gasteiger partial charge on any atom is -0.486 e. The quantitative estimate of drug-likeness (QED) is 0.513. The fourth-order valence-corrected chi connectivity index (χ4v) is 4.72. The number of fused-ring (bicyclic) bond motifs is 1. The summed E-state index contributed by atoms with van der Waals surface area (Å²) < 4.78 is 44.1. The van der Waals surface area contributed by atoms with Crippen LogP contribution in [0.5, 0.6) is 11.5 Å². The molecule has 0 fully saturated rings. The van der Waals surface area contributed by atoms with E-state index in [4.69, 9.17) is 13.9 Å². The Hall–Kier alpha value is -3.04. The van der Waals surface area contributed by atoms with E-state index in [1.165, 1.54) is 12.1 Å². The Kier molecular flexibility index (Phi) is 6.38. The topological polar surface area (TPSA) is 93.9 Å². The summed E-state index contributed by atoms with van der Waals surface area (Å²) in [6.07, 6.45) is 0.816. The SMILES string of the molecule is Cc1ccccc1-c1nc(S(=O)(=O)c2ccc3c(c2)OCCO3)c(NCCCN(C)C)o1. The third-order valence-corrected chi connectivity index (χ3v) is 6.78. The summed E-state index contributed by atoms with van der Waals surface area (Å²) in [5, 5.41) is 2.98. The lowest BCUT2D eigenvalue weighted by molar-refractivity contribution is 0.171. The molecule has 1 aromatic heterocycles. The summed E-state index contributed by atoms with van der Waals surface area (Å²) >= 11 is 0. The van der Waals surface area contributed by atoms with Crippen LogP contribution in [0.25, 0.3) is 11.5 Å². The van der Waals surface area contributed by atoms with Gasteiger partial charge in [0.25, 0.3) is 0 Å². The predicted octanol–water partition coefficient (Wildman–Crippen LogP) is 3.62. The normalized spacial score (nSPS) is 13.4. The second-order valence-electron chi connectivity index (χ2n) is 7.86. The van der Waals surface area contributed by atoms with Crippen molar-refractivity contribution in [2.24, 2.45) is 0 Å². The van der Waals surface area contributed by atoms with Gasteiger partial charge < -0.3 is 24.1 Å². The van der Waals surface area contributed by atoms with Gasteiger partial charge in [0.2, 0.25) is 26.6 Å². The number of oxazole rings is 1. The van der Waals surface area contributed by atoms with Crippen LogP contribution in [0.4, 0.5) is 5.88 Å². The number of aromatic nitrogens is 1. The molecular formula is C23H27N3O5S. The first-order valence-corrected chi connectivity index (χ1v) is 11.9. The minimum atomic E-state index is -3.97. The van der Waals surface area contributed by atoms with Crippen LogP contribution >= 0.6 is 0 Å². The Labute approximate surface area is 188 Å². The van der Waals surface area contributed by atoms with E-state index in [2.05, 4.69) is 15.2 Å². The van der Waals surface area contributed by atoms with Crippen molar-refractivity contribution in [1.82, 2.24) is 9.88 Å². The van der Waals surface area contributed by atoms with Gasteiger partial charge in [-0.2, -0.15) is 4.98 Å². The number of sulfone groups is 1. The highest BCUT2D eigenvalue weighted by Crippen LogP contribution is 2.37. The molecule has 1 aliphatic heterocycles. The number of anilines is 1. The van der Waals surface area contributed by atoms with Crippen LogP contribution in [-0.4, -0.2) is 58.7 Å². The van der Waals surface area contributed by atoms with Crippen molar-refractivity contribution in [3.63, 3.8) is 0 Å². The average molecular weight is 458 g/mol. The molecule has 1 N–H and O–H groups in total. The van der Waals surface area contributed by atoms with Gasteiger partial charge in [-0.25, -0.2) is 8.42 Å². The molecule has 0 spiro atoms. The molecule has 0 saturated carbocycles. The lowest BCUT2D eigenvalue weighted by atomic mass is 10.1. The predicted molar refractivity (Wildman–Crippen MR) is 121 cm³/mol. The fourth-order valence-electron chi connectivity index (χ4n) is 3.43. The Morgan fingerprint density at radius 3 is 2.56 bits per heavy atom. The summed E-state index contributed by atoms with van der Waals surface area (Å²) in [4.78, 5) is 6.55. The number of aryl methyl sites for hydroxylation is 1. The summed E-state index contributed by atoms with van der Waals surface area (Å²) in [5.74, 6) is 1.32. The Morgan fingerprint density at radius 1 is 1.06 bits per heavy atom. The number of nitrogens with one attached hydrogen (secondary N) is 1. The van der Waals surface area contributed by atoms with Crippen LogP contribution in [0, 0.1) is 6.92 Å². The van der Waals surface area contributed by atoms with Crippen LogP contribution in [0.3, 0.4) is 0 Å². The highest BCUT2D eigenvalue weighted by atomic mass is 32.2. The molecule has 3 aromatic rings. The monoisotopic (exact) mass is 457 g/mol. The standard InChI is InChI=1S/C23H27N3O5S/c1-16-7-4-5-8-18(16)21-25-23(22(31-21)24-11-6-12-26(2)3)32(27,28)17-9-10-19-20(15-17)30-14-13-29-19/h4-5,7-10,15,24H,6,11-14H2,1-3H3. The van der Waals surface area contributed by atoms with Crippen LogP contribution < -0.4 is 14.8 Å². The van der Waals surface area contributed by atoms with Gasteiger partial charge in [-0.3, -0.25) is 0 Å². The maximum Gasteiger partial charge on any atom is 0.233 e. The molecule has 2 aromatic carbocycles. The van der Waals surface area contributed by atoms with Crippen molar-refractivity contribution in [3.05, 3.63) is 48.0 Å². The van der Waals surface area contributed by atoms with Gasteiger partial charge in [0, 0.05) is 18.2 Å². The average Bonchev–Trinajstić information content (AvgIpc) is 3.21. The van der Waals surface area contributed by atoms with Gasteiger partial charge in [-0.1, -0.05) is 18.2 Å². The maximum atomic E-state index is 13.5. The van der Waals surface area contributed by atoms with E-state index in [9.17, 15) is 8.42 Å². The number of nitrogens with zero attached hydrogens (tertiary/aromatic N) is 2. The minimum absolute atomic E-state index is 0.0720. The van der Waals surface area contributed by atoms with Crippen LogP contribution in [0.1, 0.15) is 12.0 Å². The molecule has 0 bridgehead atoms. The van der Waals surface area contributed by atoms with E-state index in [0.29, 0.717) is 31.3 Å². The number of ether oxygens (including phenoxy) is 2. The first-order valence-electron chi connectivity index (χ1n) is 10.5. The van der Waals surface area contributed by atoms with Gasteiger partial charge >= 0.3 is 0 Å². The van der Waals surface area contributed by atoms with Crippen molar-refractivity contribution in [3.8, 4) is 23.0 Å². The molecular weight excluding hydrogens is 430 g/mol. The molecule has 170 valence electrons. The molecule has 32 heavy (non-hydrogen) atoms. The van der Waals surface area contributed by atoms with E-state index in [1.54, 1.807) is 6.07 Å². The van der Waals surface area contributed by atoms with E-state index in [0.717, 1.165) is 24.1 Å². The molecule has 0 radical (unpaired) electrons. The van der Waals surface area contributed by atoms with Gasteiger partial charge in [0.05, 0.1) is 4.90 Å². The summed E-state index contributed by atoms with van der Waals surface area (Å²) in [6, 6.07) is 12.1. The van der Waals surface area contributed by atoms with Gasteiger partial charge in [-0.15, -0.1) is 0 Å². The number of hydrogen-bond donors (Lipinski definition) is 1. The van der Waals surface area contributed by atoms with Crippen molar-refractivity contribution in [1.29, 1.82) is 0 Å². The van der Waals surface area contributed by atoms with Gasteiger partial charge in [-0.05, 0) is 57.7 Å². The van der Waals surface area contributed by atoms with Crippen LogP contribution in [0.2, 0.25) is 0 Å². The summed E-state index contributed by atoms with van der Waals surface area (Å²) in [5.41, 5.74) is 1.68. The Morgan fingerprint density at radius 2 is 1.81 bits per heavy atom. The van der Waals surface area contributed by atoms with Crippen molar-refractivity contribution < 1.29 is 22.3 Å². The molecule has 0 saturated heterocycles. The maximum absolute atomic E-state index is 13.5. The van der Waals surface area contributed by atoms with Crippen molar-refractivity contribution in [2.75, 3.05) is 45.7 Å². The molecule has 8 nitrogen and oxygen atoms in total. The smallest absolute Gasteiger partial charge is 0.233 e. The number of rotatable bonds is 8. The lowest BCUT2D eigenvalue weighted by Crippen LogP contribution is -2.17. The second-order valence-corrected chi connectivity index (χ2v) is 9.73. The van der Waals surface area contributed by atoms with E-state index < -0.39 is 9.84 Å². The first kappa shape index (κ1) is 22.2. The molecule has 0 unspecified atom stereocenters. The molecule has 1 aliphatic rings. The van der Waals surface area contributed by atoms with Gasteiger partial charge in [0.1, 0.15) is 13.2 Å². The zero-order chi connectivity index (χ0) is 22.7. The largest absolute Gasteiger partial charge is 0.486 e. The van der Waals surface area contributed by atoms with E-state index in [-0.39, 0.29) is 21.7 Å². The summed E-state index contributed by atoms with van der Waals surface area (Å²) in [7, 11) is 0.00725. The Bertz CT molecular complexity index is 1200. The van der Waals surface area contributed by atoms with Crippen LogP contribution in [0.15, 0.2) is 56.8 Å². The first-order chi connectivity index (χ1) is 15.4. The second kappa shape index (κ2) is 9.22.